The topological polar surface area (TPSA) is 78.3 Å². The molecule has 1 fully saturated rings. The first-order chi connectivity index (χ1) is 6.41. The van der Waals surface area contributed by atoms with Crippen LogP contribution in [0.5, 0.6) is 0 Å². The second-order valence-corrected chi connectivity index (χ2v) is 3.91. The zero-order chi connectivity index (χ0) is 10.8. The van der Waals surface area contributed by atoms with Gasteiger partial charge in [0.1, 0.15) is 6.10 Å². The molecule has 0 aliphatic heterocycles. The van der Waals surface area contributed by atoms with E-state index < -0.39 is 5.66 Å². The molecule has 0 amide bonds. The molecular formula is C10H17N2O2. The molecule has 4 nitrogen and oxygen atoms in total. The second kappa shape index (κ2) is 4.11. The fourth-order valence-electron chi connectivity index (χ4n) is 1.47. The van der Waals surface area contributed by atoms with Gasteiger partial charge < -0.3 is 16.2 Å². The summed E-state index contributed by atoms with van der Waals surface area (Å²) in [5, 5.41) is 0. The molecule has 14 heavy (non-hydrogen) atoms. The quantitative estimate of drug-likeness (QED) is 0.383. The number of hydrogen-bond donors (Lipinski definition) is 2. The van der Waals surface area contributed by atoms with Crippen molar-refractivity contribution in [3.05, 3.63) is 18.6 Å². The van der Waals surface area contributed by atoms with E-state index >= 15 is 0 Å². The van der Waals surface area contributed by atoms with Gasteiger partial charge in [-0.3, -0.25) is 0 Å². The number of carbonyl (C=O) groups excluding carboxylic acids is 1. The highest BCUT2D eigenvalue weighted by atomic mass is 16.5. The van der Waals surface area contributed by atoms with Crippen molar-refractivity contribution >= 4 is 5.97 Å². The molecule has 0 bridgehead atoms. The Balaban J connectivity index is 2.46. The van der Waals surface area contributed by atoms with Crippen molar-refractivity contribution in [1.29, 1.82) is 0 Å². The molecule has 4 heteroatoms. The summed E-state index contributed by atoms with van der Waals surface area (Å²) in [6, 6.07) is 0. The van der Waals surface area contributed by atoms with Gasteiger partial charge in [0.2, 0.25) is 0 Å². The van der Waals surface area contributed by atoms with Crippen LogP contribution in [0.4, 0.5) is 0 Å². The van der Waals surface area contributed by atoms with Crippen LogP contribution < -0.4 is 11.5 Å². The smallest absolute Gasteiger partial charge is 0.333 e. The number of nitrogens with two attached hydrogens (primary N) is 2. The zero-order valence-electron chi connectivity index (χ0n) is 8.45. The van der Waals surface area contributed by atoms with Gasteiger partial charge in [0.25, 0.3) is 0 Å². The molecule has 1 radical (unpaired) electrons. The van der Waals surface area contributed by atoms with Gasteiger partial charge in [-0.1, -0.05) is 6.58 Å². The van der Waals surface area contributed by atoms with Gasteiger partial charge in [0.15, 0.2) is 0 Å². The first-order valence-electron chi connectivity index (χ1n) is 4.69. The highest BCUT2D eigenvalue weighted by Crippen LogP contribution is 2.24. The van der Waals surface area contributed by atoms with Crippen molar-refractivity contribution in [2.45, 2.75) is 38.0 Å². The summed E-state index contributed by atoms with van der Waals surface area (Å²) in [4.78, 5) is 11.2. The molecule has 1 unspecified atom stereocenters. The maximum absolute atomic E-state index is 11.2. The molecule has 0 aromatic heterocycles. The molecule has 0 aromatic carbocycles. The van der Waals surface area contributed by atoms with E-state index in [1.54, 1.807) is 6.92 Å². The Bertz CT molecular complexity index is 249. The Morgan fingerprint density at radius 3 is 2.79 bits per heavy atom. The van der Waals surface area contributed by atoms with E-state index in [1.807, 2.05) is 6.42 Å². The molecular weight excluding hydrogens is 180 g/mol. The lowest BCUT2D eigenvalue weighted by atomic mass is 9.88. The third kappa shape index (κ3) is 3.12. The van der Waals surface area contributed by atoms with E-state index in [9.17, 15) is 4.79 Å². The van der Waals surface area contributed by atoms with E-state index in [4.69, 9.17) is 16.2 Å². The molecule has 0 aromatic rings. The number of ether oxygens (including phenoxy) is 1. The number of esters is 1. The largest absolute Gasteiger partial charge is 0.459 e. The Kier molecular flexibility index (Phi) is 3.29. The molecule has 0 spiro atoms. The van der Waals surface area contributed by atoms with Crippen molar-refractivity contribution in [2.24, 2.45) is 11.5 Å². The average molecular weight is 197 g/mol. The molecule has 4 N–H and O–H groups in total. The third-order valence-corrected chi connectivity index (χ3v) is 2.22. The summed E-state index contributed by atoms with van der Waals surface area (Å²) in [5.74, 6) is -0.368. The highest BCUT2D eigenvalue weighted by Gasteiger charge is 2.31. The van der Waals surface area contributed by atoms with Crippen molar-refractivity contribution in [3.63, 3.8) is 0 Å². The van der Waals surface area contributed by atoms with Crippen LogP contribution in [0.2, 0.25) is 0 Å². The van der Waals surface area contributed by atoms with Crippen molar-refractivity contribution in [2.75, 3.05) is 0 Å². The van der Waals surface area contributed by atoms with Crippen LogP contribution in [0.1, 0.15) is 26.2 Å². The molecule has 1 aliphatic rings. The molecule has 79 valence electrons. The minimum absolute atomic E-state index is 0.181. The van der Waals surface area contributed by atoms with E-state index in [-0.39, 0.29) is 12.1 Å². The number of carbonyl (C=O) groups is 1. The predicted molar refractivity (Wildman–Crippen MR) is 54.0 cm³/mol. The van der Waals surface area contributed by atoms with E-state index in [2.05, 4.69) is 6.58 Å². The fraction of sp³-hybridized carbons (Fsp3) is 0.600. The minimum Gasteiger partial charge on any atom is -0.459 e. The van der Waals surface area contributed by atoms with Gasteiger partial charge in [0, 0.05) is 12.0 Å². The second-order valence-electron chi connectivity index (χ2n) is 3.91. The van der Waals surface area contributed by atoms with Crippen LogP contribution in [0.3, 0.4) is 0 Å². The van der Waals surface area contributed by atoms with Crippen molar-refractivity contribution < 1.29 is 9.53 Å². The zero-order valence-corrected chi connectivity index (χ0v) is 8.45. The summed E-state index contributed by atoms with van der Waals surface area (Å²) in [6.07, 6.45) is 3.72. The van der Waals surface area contributed by atoms with Gasteiger partial charge in [-0.25, -0.2) is 4.79 Å². The number of rotatable bonds is 2. The van der Waals surface area contributed by atoms with Crippen LogP contribution in [-0.4, -0.2) is 17.7 Å². The van der Waals surface area contributed by atoms with Crippen LogP contribution in [-0.2, 0) is 9.53 Å². The number of hydrogen-bond acceptors (Lipinski definition) is 4. The third-order valence-electron chi connectivity index (χ3n) is 2.22. The summed E-state index contributed by atoms with van der Waals surface area (Å²) < 4.78 is 5.17. The SMILES string of the molecule is C=C(C)C(=O)OC1CC[CH]C(N)(N)C1. The van der Waals surface area contributed by atoms with Crippen LogP contribution in [0.15, 0.2) is 12.2 Å². The lowest BCUT2D eigenvalue weighted by Gasteiger charge is -2.33. The standard InChI is InChI=1S/C10H17N2O2/c1-7(2)9(13)14-8-4-3-5-10(11,12)6-8/h5,8H,1,3-4,6,11-12H2,2H3. The van der Waals surface area contributed by atoms with Gasteiger partial charge in [0.05, 0.1) is 5.66 Å². The van der Waals surface area contributed by atoms with E-state index in [0.29, 0.717) is 12.0 Å². The Morgan fingerprint density at radius 1 is 1.64 bits per heavy atom. The van der Waals surface area contributed by atoms with Gasteiger partial charge in [-0.15, -0.1) is 0 Å². The van der Waals surface area contributed by atoms with Crippen LogP contribution in [0, 0.1) is 6.42 Å². The summed E-state index contributed by atoms with van der Waals surface area (Å²) in [5.41, 5.74) is 11.1. The van der Waals surface area contributed by atoms with Crippen molar-refractivity contribution in [3.8, 4) is 0 Å². The summed E-state index contributed by atoms with van der Waals surface area (Å²) in [7, 11) is 0. The predicted octanol–water partition coefficient (Wildman–Crippen LogP) is 0.476. The fourth-order valence-corrected chi connectivity index (χ4v) is 1.47. The Morgan fingerprint density at radius 2 is 2.29 bits per heavy atom. The van der Waals surface area contributed by atoms with Gasteiger partial charge in [-0.05, 0) is 26.2 Å². The minimum atomic E-state index is -0.807. The monoisotopic (exact) mass is 197 g/mol. The molecule has 1 aliphatic carbocycles. The molecule has 0 saturated heterocycles. The lowest BCUT2D eigenvalue weighted by Crippen LogP contribution is -2.54. The highest BCUT2D eigenvalue weighted by molar-refractivity contribution is 5.87. The van der Waals surface area contributed by atoms with E-state index in [1.165, 1.54) is 0 Å². The molecule has 1 rings (SSSR count). The van der Waals surface area contributed by atoms with Gasteiger partial charge in [-0.2, -0.15) is 0 Å². The van der Waals surface area contributed by atoms with Crippen molar-refractivity contribution in [1.82, 2.24) is 0 Å². The average Bonchev–Trinajstić information content (AvgIpc) is 2.01. The first kappa shape index (κ1) is 11.2. The summed E-state index contributed by atoms with van der Waals surface area (Å²) >= 11 is 0. The molecule has 1 atom stereocenters. The Hall–Kier alpha value is -0.870. The normalized spacial score (nSPS) is 25.5. The maximum atomic E-state index is 11.2. The van der Waals surface area contributed by atoms with Crippen LogP contribution in [0.25, 0.3) is 0 Å². The lowest BCUT2D eigenvalue weighted by molar-refractivity contribution is -0.146. The van der Waals surface area contributed by atoms with Gasteiger partial charge >= 0.3 is 5.97 Å². The molecule has 0 heterocycles. The Labute approximate surface area is 84.3 Å². The first-order valence-corrected chi connectivity index (χ1v) is 4.69. The molecule has 1 saturated carbocycles. The van der Waals surface area contributed by atoms with Crippen LogP contribution >= 0.6 is 0 Å². The summed E-state index contributed by atoms with van der Waals surface area (Å²) in [6.45, 7) is 5.13. The van der Waals surface area contributed by atoms with E-state index in [0.717, 1.165) is 12.8 Å². The maximum Gasteiger partial charge on any atom is 0.333 e.